The highest BCUT2D eigenvalue weighted by molar-refractivity contribution is 5.85. The van der Waals surface area contributed by atoms with Crippen molar-refractivity contribution in [3.63, 3.8) is 0 Å². The van der Waals surface area contributed by atoms with Gasteiger partial charge in [0.2, 0.25) is 0 Å². The zero-order valence-corrected chi connectivity index (χ0v) is 21.6. The molecule has 8 heteroatoms. The van der Waals surface area contributed by atoms with E-state index in [1.165, 1.54) is 19.2 Å². The zero-order valence-electron chi connectivity index (χ0n) is 21.6. The molecule has 0 saturated heterocycles. The van der Waals surface area contributed by atoms with Gasteiger partial charge in [-0.15, -0.1) is 0 Å². The van der Waals surface area contributed by atoms with Crippen molar-refractivity contribution in [1.82, 2.24) is 0 Å². The average molecular weight is 505 g/mol. The molecule has 0 bridgehead atoms. The van der Waals surface area contributed by atoms with Crippen LogP contribution in [-0.2, 0) is 14.3 Å². The smallest absolute Gasteiger partial charge is 0.308 e. The molecule has 0 aromatic heterocycles. The molecule has 0 aliphatic carbocycles. The molecule has 0 aliphatic heterocycles. The van der Waals surface area contributed by atoms with E-state index in [1.807, 2.05) is 19.9 Å². The average Bonchev–Trinajstić information content (AvgIpc) is 2.82. The second-order valence-electron chi connectivity index (χ2n) is 8.61. The fourth-order valence-electron chi connectivity index (χ4n) is 3.84. The van der Waals surface area contributed by atoms with Crippen molar-refractivity contribution in [3.05, 3.63) is 53.4 Å². The minimum Gasteiger partial charge on any atom is -0.492 e. The predicted molar refractivity (Wildman–Crippen MR) is 137 cm³/mol. The molecule has 2 unspecified atom stereocenters. The quantitative estimate of drug-likeness (QED) is 0.284. The SMILES string of the molecule is CCOC(=O)CC(O)CC(O)/C=C/c1c(C(C)C)cc(OCCOC)c(OC)c1-c1ccc(F)cc1. The monoisotopic (exact) mass is 504 g/mol. The number of esters is 1. The number of halogens is 1. The third-order valence-corrected chi connectivity index (χ3v) is 5.53. The Labute approximate surface area is 212 Å². The summed E-state index contributed by atoms with van der Waals surface area (Å²) in [4.78, 5) is 11.6. The lowest BCUT2D eigenvalue weighted by Crippen LogP contribution is -2.20. The fraction of sp³-hybridized carbons (Fsp3) is 0.464. The Morgan fingerprint density at radius 3 is 2.39 bits per heavy atom. The third kappa shape index (κ3) is 8.33. The molecule has 0 radical (unpaired) electrons. The Bertz CT molecular complexity index is 1000. The van der Waals surface area contributed by atoms with E-state index < -0.39 is 18.2 Å². The molecule has 2 atom stereocenters. The van der Waals surface area contributed by atoms with Gasteiger partial charge in [-0.1, -0.05) is 38.1 Å². The lowest BCUT2D eigenvalue weighted by Gasteiger charge is -2.22. The van der Waals surface area contributed by atoms with Gasteiger partial charge < -0.3 is 29.2 Å². The van der Waals surface area contributed by atoms with Crippen molar-refractivity contribution in [1.29, 1.82) is 0 Å². The normalized spacial score (nSPS) is 13.1. The van der Waals surface area contributed by atoms with Gasteiger partial charge in [0.15, 0.2) is 11.5 Å². The van der Waals surface area contributed by atoms with Crippen LogP contribution in [0.25, 0.3) is 17.2 Å². The van der Waals surface area contributed by atoms with Crippen LogP contribution in [0.5, 0.6) is 11.5 Å². The molecule has 0 amide bonds. The number of carbonyl (C=O) groups excluding carboxylic acids is 1. The molecule has 2 aromatic carbocycles. The molecular weight excluding hydrogens is 467 g/mol. The van der Waals surface area contributed by atoms with Gasteiger partial charge in [-0.2, -0.15) is 0 Å². The Kier molecular flexibility index (Phi) is 11.9. The van der Waals surface area contributed by atoms with E-state index in [2.05, 4.69) is 0 Å². The summed E-state index contributed by atoms with van der Waals surface area (Å²) in [5, 5.41) is 20.7. The van der Waals surface area contributed by atoms with Gasteiger partial charge in [-0.05, 0) is 47.7 Å². The first-order valence-electron chi connectivity index (χ1n) is 12.0. The van der Waals surface area contributed by atoms with Gasteiger partial charge in [0.1, 0.15) is 12.4 Å². The summed E-state index contributed by atoms with van der Waals surface area (Å²) in [7, 11) is 3.13. The first kappa shape index (κ1) is 29.3. The number of rotatable bonds is 14. The minimum absolute atomic E-state index is 0.0342. The Morgan fingerprint density at radius 1 is 1.11 bits per heavy atom. The molecule has 36 heavy (non-hydrogen) atoms. The van der Waals surface area contributed by atoms with E-state index in [0.29, 0.717) is 35.8 Å². The summed E-state index contributed by atoms with van der Waals surface area (Å²) < 4.78 is 35.4. The van der Waals surface area contributed by atoms with Crippen LogP contribution < -0.4 is 9.47 Å². The molecule has 7 nitrogen and oxygen atoms in total. The molecule has 0 fully saturated rings. The van der Waals surface area contributed by atoms with Crippen molar-refractivity contribution in [2.24, 2.45) is 0 Å². The summed E-state index contributed by atoms with van der Waals surface area (Å²) in [6.45, 7) is 6.70. The zero-order chi connectivity index (χ0) is 26.7. The van der Waals surface area contributed by atoms with Gasteiger partial charge in [0, 0.05) is 19.1 Å². The van der Waals surface area contributed by atoms with Crippen LogP contribution in [-0.4, -0.2) is 62.4 Å². The topological polar surface area (TPSA) is 94.5 Å². The molecule has 2 N–H and O–H groups in total. The standard InChI is InChI=1S/C28H37FO7/c1-6-35-26(32)16-22(31)15-21(30)11-12-23-24(18(2)3)17-25(36-14-13-33-4)28(34-5)27(23)19-7-9-20(29)10-8-19/h7-12,17-18,21-22,30-31H,6,13-16H2,1-5H3/b12-11+. The van der Waals surface area contributed by atoms with E-state index in [9.17, 15) is 19.4 Å². The van der Waals surface area contributed by atoms with Gasteiger partial charge >= 0.3 is 5.97 Å². The van der Waals surface area contributed by atoms with Crippen LogP contribution in [0.1, 0.15) is 50.7 Å². The van der Waals surface area contributed by atoms with Crippen molar-refractivity contribution >= 4 is 12.0 Å². The maximum atomic E-state index is 13.7. The van der Waals surface area contributed by atoms with E-state index in [-0.39, 0.29) is 31.2 Å². The summed E-state index contributed by atoms with van der Waals surface area (Å²) in [5.74, 6) is 0.192. The Morgan fingerprint density at radius 2 is 1.81 bits per heavy atom. The van der Waals surface area contributed by atoms with Crippen molar-refractivity contribution in [2.45, 2.75) is 51.7 Å². The second-order valence-corrected chi connectivity index (χ2v) is 8.61. The Hall–Kier alpha value is -2.94. The second kappa shape index (κ2) is 14.6. The van der Waals surface area contributed by atoms with E-state index in [1.54, 1.807) is 38.3 Å². The van der Waals surface area contributed by atoms with Crippen LogP contribution in [0.15, 0.2) is 36.4 Å². The third-order valence-electron chi connectivity index (χ3n) is 5.53. The van der Waals surface area contributed by atoms with Gasteiger partial charge in [0.05, 0.1) is 39.0 Å². The number of hydrogen-bond acceptors (Lipinski definition) is 7. The molecule has 0 spiro atoms. The maximum absolute atomic E-state index is 13.7. The predicted octanol–water partition coefficient (Wildman–Crippen LogP) is 4.73. The van der Waals surface area contributed by atoms with Crippen LogP contribution in [0.2, 0.25) is 0 Å². The Balaban J connectivity index is 2.52. The number of aliphatic hydroxyl groups is 2. The first-order chi connectivity index (χ1) is 17.2. The first-order valence-corrected chi connectivity index (χ1v) is 12.0. The van der Waals surface area contributed by atoms with Crippen LogP contribution >= 0.6 is 0 Å². The highest BCUT2D eigenvalue weighted by atomic mass is 19.1. The van der Waals surface area contributed by atoms with Crippen molar-refractivity contribution in [3.8, 4) is 22.6 Å². The number of carbonyl (C=O) groups is 1. The van der Waals surface area contributed by atoms with Crippen molar-refractivity contribution < 1.29 is 38.3 Å². The van der Waals surface area contributed by atoms with Gasteiger partial charge in [0.25, 0.3) is 0 Å². The number of hydrogen-bond donors (Lipinski definition) is 2. The number of methoxy groups -OCH3 is 2. The van der Waals surface area contributed by atoms with Gasteiger partial charge in [-0.25, -0.2) is 4.39 Å². The van der Waals surface area contributed by atoms with Crippen LogP contribution in [0, 0.1) is 5.82 Å². The molecule has 198 valence electrons. The molecule has 2 rings (SSSR count). The number of benzene rings is 2. The van der Waals surface area contributed by atoms with Crippen LogP contribution in [0.3, 0.4) is 0 Å². The van der Waals surface area contributed by atoms with Gasteiger partial charge in [-0.3, -0.25) is 4.79 Å². The summed E-state index contributed by atoms with van der Waals surface area (Å²) >= 11 is 0. The number of ether oxygens (including phenoxy) is 4. The van der Waals surface area contributed by atoms with E-state index in [4.69, 9.17) is 18.9 Å². The van der Waals surface area contributed by atoms with Crippen LogP contribution in [0.4, 0.5) is 4.39 Å². The fourth-order valence-corrected chi connectivity index (χ4v) is 3.84. The lowest BCUT2D eigenvalue weighted by atomic mass is 9.88. The minimum atomic E-state index is -1.05. The lowest BCUT2D eigenvalue weighted by molar-refractivity contribution is -0.145. The summed E-state index contributed by atoms with van der Waals surface area (Å²) in [5.41, 5.74) is 3.10. The van der Waals surface area contributed by atoms with Crippen molar-refractivity contribution in [2.75, 3.05) is 34.0 Å². The summed E-state index contributed by atoms with van der Waals surface area (Å²) in [6, 6.07) is 7.96. The molecular formula is C28H37FO7. The number of aliphatic hydroxyl groups excluding tert-OH is 2. The summed E-state index contributed by atoms with van der Waals surface area (Å²) in [6.07, 6.45) is 1.03. The molecule has 2 aromatic rings. The molecule has 0 aliphatic rings. The molecule has 0 heterocycles. The van der Waals surface area contributed by atoms with E-state index >= 15 is 0 Å². The largest absolute Gasteiger partial charge is 0.492 e. The molecule has 0 saturated carbocycles. The highest BCUT2D eigenvalue weighted by Crippen LogP contribution is 2.45. The highest BCUT2D eigenvalue weighted by Gasteiger charge is 2.22. The van der Waals surface area contributed by atoms with E-state index in [0.717, 1.165) is 11.1 Å². The maximum Gasteiger partial charge on any atom is 0.308 e.